The van der Waals surface area contributed by atoms with E-state index >= 15 is 0 Å². The Labute approximate surface area is 81.3 Å². The molecule has 0 saturated carbocycles. The lowest BCUT2D eigenvalue weighted by Gasteiger charge is -2.36. The van der Waals surface area contributed by atoms with Gasteiger partial charge < -0.3 is 0 Å². The van der Waals surface area contributed by atoms with Crippen molar-refractivity contribution in [1.29, 1.82) is 0 Å². The molecule has 0 aliphatic carbocycles. The molecular formula is C12H19N. The monoisotopic (exact) mass is 177 g/mol. The predicted molar refractivity (Wildman–Crippen MR) is 59.2 cm³/mol. The SMILES string of the molecule is CC(C)(C)C1(C)/C=C\C=C/CC=N1. The average Bonchev–Trinajstić information content (AvgIpc) is 1.94. The minimum Gasteiger partial charge on any atom is -0.286 e. The molecule has 0 aromatic heterocycles. The second kappa shape index (κ2) is 3.49. The number of nitrogens with zero attached hydrogens (tertiary/aromatic N) is 1. The van der Waals surface area contributed by atoms with Gasteiger partial charge in [-0.1, -0.05) is 45.1 Å². The standard InChI is InChI=1S/C12H19N/c1-11(2,3)12(4)9-7-5-6-8-10-13-12/h5-7,9-10H,8H2,1-4H3/b6-5-,9-7-,13-10?. The van der Waals surface area contributed by atoms with Crippen LogP contribution in [0.15, 0.2) is 29.3 Å². The summed E-state index contributed by atoms with van der Waals surface area (Å²) in [6, 6.07) is 0. The molecule has 1 atom stereocenters. The van der Waals surface area contributed by atoms with Crippen molar-refractivity contribution < 1.29 is 0 Å². The molecule has 72 valence electrons. The Bertz CT molecular complexity index is 253. The summed E-state index contributed by atoms with van der Waals surface area (Å²) in [6.45, 7) is 8.85. The zero-order chi connectivity index (χ0) is 9.95. The number of aliphatic imine (C=N–C) groups is 1. The van der Waals surface area contributed by atoms with Crippen LogP contribution in [-0.2, 0) is 0 Å². The topological polar surface area (TPSA) is 12.4 Å². The van der Waals surface area contributed by atoms with E-state index in [2.05, 4.69) is 57.0 Å². The van der Waals surface area contributed by atoms with Crippen molar-refractivity contribution in [2.24, 2.45) is 10.4 Å². The van der Waals surface area contributed by atoms with Crippen molar-refractivity contribution in [2.45, 2.75) is 39.7 Å². The third-order valence-corrected chi connectivity index (χ3v) is 2.79. The first-order valence-corrected chi connectivity index (χ1v) is 4.84. The van der Waals surface area contributed by atoms with E-state index in [0.29, 0.717) is 0 Å². The smallest absolute Gasteiger partial charge is 0.0806 e. The third-order valence-electron chi connectivity index (χ3n) is 2.79. The van der Waals surface area contributed by atoms with Gasteiger partial charge in [0.05, 0.1) is 5.54 Å². The second-order valence-corrected chi connectivity index (χ2v) is 4.73. The molecule has 0 bridgehead atoms. The summed E-state index contributed by atoms with van der Waals surface area (Å²) >= 11 is 0. The molecule has 0 spiro atoms. The molecule has 0 N–H and O–H groups in total. The van der Waals surface area contributed by atoms with E-state index in [9.17, 15) is 0 Å². The summed E-state index contributed by atoms with van der Waals surface area (Å²) in [4.78, 5) is 4.62. The van der Waals surface area contributed by atoms with Gasteiger partial charge in [-0.25, -0.2) is 0 Å². The lowest BCUT2D eigenvalue weighted by molar-refractivity contribution is 0.265. The number of hydrogen-bond donors (Lipinski definition) is 0. The van der Waals surface area contributed by atoms with Crippen LogP contribution in [0.25, 0.3) is 0 Å². The Balaban J connectivity index is 3.00. The highest BCUT2D eigenvalue weighted by atomic mass is 14.9. The van der Waals surface area contributed by atoms with E-state index in [0.717, 1.165) is 6.42 Å². The van der Waals surface area contributed by atoms with Crippen molar-refractivity contribution in [3.63, 3.8) is 0 Å². The molecule has 0 amide bonds. The number of rotatable bonds is 0. The van der Waals surface area contributed by atoms with Crippen molar-refractivity contribution in [3.8, 4) is 0 Å². The van der Waals surface area contributed by atoms with Crippen LogP contribution in [0.2, 0.25) is 0 Å². The molecule has 0 aromatic carbocycles. The van der Waals surface area contributed by atoms with Crippen molar-refractivity contribution in [2.75, 3.05) is 0 Å². The molecule has 0 fully saturated rings. The molecule has 0 radical (unpaired) electrons. The fourth-order valence-electron chi connectivity index (χ4n) is 1.19. The van der Waals surface area contributed by atoms with Gasteiger partial charge in [0.15, 0.2) is 0 Å². The molecule has 1 heterocycles. The fraction of sp³-hybridized carbons (Fsp3) is 0.583. The molecule has 1 unspecified atom stereocenters. The molecule has 0 aromatic rings. The van der Waals surface area contributed by atoms with E-state index in [4.69, 9.17) is 0 Å². The van der Waals surface area contributed by atoms with Crippen LogP contribution in [0.3, 0.4) is 0 Å². The summed E-state index contributed by atoms with van der Waals surface area (Å²) in [5, 5.41) is 0. The number of hydrogen-bond acceptors (Lipinski definition) is 1. The molecule has 0 saturated heterocycles. The van der Waals surface area contributed by atoms with Crippen molar-refractivity contribution >= 4 is 6.21 Å². The minimum atomic E-state index is -0.0717. The summed E-state index contributed by atoms with van der Waals surface area (Å²) in [5.41, 5.74) is 0.100. The van der Waals surface area contributed by atoms with Crippen LogP contribution in [-0.4, -0.2) is 11.8 Å². The predicted octanol–water partition coefficient (Wildman–Crippen LogP) is 3.38. The first-order valence-electron chi connectivity index (χ1n) is 4.84. The van der Waals surface area contributed by atoms with Gasteiger partial charge in [-0.15, -0.1) is 0 Å². The summed E-state index contributed by atoms with van der Waals surface area (Å²) < 4.78 is 0. The van der Waals surface area contributed by atoms with Crippen LogP contribution < -0.4 is 0 Å². The zero-order valence-corrected chi connectivity index (χ0v) is 9.04. The normalized spacial score (nSPS) is 33.5. The van der Waals surface area contributed by atoms with E-state index in [-0.39, 0.29) is 11.0 Å². The Morgan fingerprint density at radius 3 is 2.54 bits per heavy atom. The Kier molecular flexibility index (Phi) is 2.74. The van der Waals surface area contributed by atoms with Gasteiger partial charge in [-0.2, -0.15) is 0 Å². The second-order valence-electron chi connectivity index (χ2n) is 4.73. The largest absolute Gasteiger partial charge is 0.286 e. The van der Waals surface area contributed by atoms with Gasteiger partial charge in [0.2, 0.25) is 0 Å². The highest BCUT2D eigenvalue weighted by Gasteiger charge is 2.33. The summed E-state index contributed by atoms with van der Waals surface area (Å²) in [7, 11) is 0. The average molecular weight is 177 g/mol. The highest BCUT2D eigenvalue weighted by molar-refractivity contribution is 5.61. The van der Waals surface area contributed by atoms with Crippen LogP contribution in [0.4, 0.5) is 0 Å². The molecule has 1 rings (SSSR count). The fourth-order valence-corrected chi connectivity index (χ4v) is 1.19. The van der Waals surface area contributed by atoms with E-state index in [1.54, 1.807) is 0 Å². The van der Waals surface area contributed by atoms with E-state index < -0.39 is 0 Å². The molecule has 1 aliphatic heterocycles. The van der Waals surface area contributed by atoms with Crippen LogP contribution in [0.5, 0.6) is 0 Å². The van der Waals surface area contributed by atoms with E-state index in [1.165, 1.54) is 0 Å². The maximum atomic E-state index is 4.62. The molecule has 1 aliphatic rings. The molecule has 13 heavy (non-hydrogen) atoms. The van der Waals surface area contributed by atoms with Gasteiger partial charge in [-0.3, -0.25) is 4.99 Å². The van der Waals surface area contributed by atoms with Gasteiger partial charge in [-0.05, 0) is 12.3 Å². The van der Waals surface area contributed by atoms with Crippen LogP contribution >= 0.6 is 0 Å². The van der Waals surface area contributed by atoms with Crippen molar-refractivity contribution in [1.82, 2.24) is 0 Å². The molecule has 1 nitrogen and oxygen atoms in total. The van der Waals surface area contributed by atoms with Gasteiger partial charge >= 0.3 is 0 Å². The van der Waals surface area contributed by atoms with Crippen molar-refractivity contribution in [3.05, 3.63) is 24.3 Å². The van der Waals surface area contributed by atoms with E-state index in [1.807, 2.05) is 6.21 Å². The third kappa shape index (κ3) is 2.30. The lowest BCUT2D eigenvalue weighted by Crippen LogP contribution is -2.36. The molecule has 1 heteroatoms. The Morgan fingerprint density at radius 1 is 1.23 bits per heavy atom. The van der Waals surface area contributed by atoms with Gasteiger partial charge in [0.1, 0.15) is 0 Å². The maximum Gasteiger partial charge on any atom is 0.0806 e. The lowest BCUT2D eigenvalue weighted by atomic mass is 9.75. The Hall–Kier alpha value is -0.850. The van der Waals surface area contributed by atoms with Gasteiger partial charge in [0.25, 0.3) is 0 Å². The minimum absolute atomic E-state index is 0.0717. The quantitative estimate of drug-likeness (QED) is 0.538. The summed E-state index contributed by atoms with van der Waals surface area (Å²) in [6.07, 6.45) is 11.4. The van der Waals surface area contributed by atoms with Crippen LogP contribution in [0.1, 0.15) is 34.1 Å². The maximum absolute atomic E-state index is 4.62. The Morgan fingerprint density at radius 2 is 1.92 bits per heavy atom. The highest BCUT2D eigenvalue weighted by Crippen LogP contribution is 2.35. The zero-order valence-electron chi connectivity index (χ0n) is 9.04. The number of allylic oxidation sites excluding steroid dienone is 3. The van der Waals surface area contributed by atoms with Crippen LogP contribution in [0, 0.1) is 5.41 Å². The summed E-state index contributed by atoms with van der Waals surface area (Å²) in [5.74, 6) is 0. The van der Waals surface area contributed by atoms with Gasteiger partial charge in [0, 0.05) is 12.6 Å². The first kappa shape index (κ1) is 10.2. The molecular weight excluding hydrogens is 158 g/mol. The first-order chi connectivity index (χ1) is 5.96.